The van der Waals surface area contributed by atoms with Gasteiger partial charge in [0.05, 0.1) is 102 Å². The fourth-order valence-corrected chi connectivity index (χ4v) is 9.45. The topological polar surface area (TPSA) is 148 Å². The zero-order valence-corrected chi connectivity index (χ0v) is 42.0. The summed E-state index contributed by atoms with van der Waals surface area (Å²) < 4.78 is 92.0. The van der Waals surface area contributed by atoms with E-state index in [1.165, 1.54) is 0 Å². The van der Waals surface area contributed by atoms with Gasteiger partial charge in [-0.05, 0) is 111 Å². The van der Waals surface area contributed by atoms with Crippen LogP contribution in [0.4, 0.5) is 0 Å². The predicted octanol–water partition coefficient (Wildman–Crippen LogP) is 5.48. The van der Waals surface area contributed by atoms with Gasteiger partial charge in [0.2, 0.25) is 0 Å². The molecular formula is C48H88O16. The van der Waals surface area contributed by atoms with Crippen molar-refractivity contribution >= 4 is 0 Å². The average molecular weight is 921 g/mol. The second-order valence-corrected chi connectivity index (χ2v) is 20.2. The zero-order valence-electron chi connectivity index (χ0n) is 42.0. The lowest BCUT2D eigenvalue weighted by atomic mass is 10.1. The van der Waals surface area contributed by atoms with Gasteiger partial charge >= 0.3 is 0 Å². The standard InChI is InChI=1S/4C12H22O4/c4*1-7(2)15-9-5-13-12-10(16-8(3)4)6-14-11(9)12/h4*7-12H,5-6H2,1-4H3/t9-,10+,11-,12-;9-,10-,11+,12+;9-,10-,11-,12-;/m101./s1. The van der Waals surface area contributed by atoms with Gasteiger partial charge in [0.15, 0.2) is 0 Å². The van der Waals surface area contributed by atoms with Crippen molar-refractivity contribution < 1.29 is 75.8 Å². The first-order chi connectivity index (χ1) is 30.3. The SMILES string of the molecule is CC(C)OC1COC2C(OC(C)C)COC12.CC(C)O[C@@H]1CO[C@H]2[C@@H]1OC[C@H]2OC(C)C.CC(C)O[C@H]1CO[C@H]2[C@@H]1OC[C@@H]2OC(C)C.CC(C)O[C@H]1CO[C@H]2[C@@H]1OC[C@H]2OC(C)C. The van der Waals surface area contributed by atoms with Crippen molar-refractivity contribution in [3.05, 3.63) is 0 Å². The molecule has 64 heavy (non-hydrogen) atoms. The third-order valence-electron chi connectivity index (χ3n) is 11.4. The van der Waals surface area contributed by atoms with Gasteiger partial charge in [-0.3, -0.25) is 0 Å². The van der Waals surface area contributed by atoms with Crippen LogP contribution in [0.2, 0.25) is 0 Å². The minimum atomic E-state index is 0.0474. The molecule has 8 aliphatic heterocycles. The average Bonchev–Trinajstić information content (AvgIpc) is 4.04. The Balaban J connectivity index is 0.000000161. The number of ether oxygens (including phenoxy) is 16. The molecule has 8 heterocycles. The minimum Gasteiger partial charge on any atom is -0.370 e. The van der Waals surface area contributed by atoms with Gasteiger partial charge in [-0.25, -0.2) is 0 Å². The largest absolute Gasteiger partial charge is 0.370 e. The molecule has 0 aliphatic carbocycles. The van der Waals surface area contributed by atoms with Gasteiger partial charge in [0.25, 0.3) is 0 Å². The molecule has 8 aliphatic rings. The van der Waals surface area contributed by atoms with E-state index in [4.69, 9.17) is 75.8 Å². The van der Waals surface area contributed by atoms with Gasteiger partial charge < -0.3 is 75.8 Å². The monoisotopic (exact) mass is 921 g/mol. The smallest absolute Gasteiger partial charge is 0.115 e. The van der Waals surface area contributed by atoms with Gasteiger partial charge in [0, 0.05) is 0 Å². The summed E-state index contributed by atoms with van der Waals surface area (Å²) in [5.41, 5.74) is 0. The first-order valence-corrected chi connectivity index (χ1v) is 24.5. The van der Waals surface area contributed by atoms with Crippen LogP contribution < -0.4 is 0 Å². The second kappa shape index (κ2) is 25.8. The first-order valence-electron chi connectivity index (χ1n) is 24.5. The van der Waals surface area contributed by atoms with E-state index in [1.54, 1.807) is 0 Å². The maximum absolute atomic E-state index is 5.77. The molecule has 16 atom stereocenters. The van der Waals surface area contributed by atoms with Gasteiger partial charge in [-0.1, -0.05) is 0 Å². The van der Waals surface area contributed by atoms with Crippen molar-refractivity contribution in [1.29, 1.82) is 0 Å². The Morgan fingerprint density at radius 2 is 0.297 bits per heavy atom. The summed E-state index contributed by atoms with van der Waals surface area (Å²) in [5, 5.41) is 0. The Morgan fingerprint density at radius 3 is 0.375 bits per heavy atom. The van der Waals surface area contributed by atoms with Gasteiger partial charge in [-0.15, -0.1) is 0 Å². The third-order valence-corrected chi connectivity index (χ3v) is 11.4. The lowest BCUT2D eigenvalue weighted by molar-refractivity contribution is -0.0754. The normalized spacial score (nSPS) is 38.6. The van der Waals surface area contributed by atoms with Crippen LogP contribution in [0.3, 0.4) is 0 Å². The molecule has 0 spiro atoms. The summed E-state index contributed by atoms with van der Waals surface area (Å²) in [5.74, 6) is 0. The van der Waals surface area contributed by atoms with E-state index < -0.39 is 0 Å². The Hall–Kier alpha value is -0.640. The lowest BCUT2D eigenvalue weighted by Crippen LogP contribution is -2.35. The highest BCUT2D eigenvalue weighted by Gasteiger charge is 2.52. The molecule has 0 aromatic carbocycles. The molecule has 0 saturated carbocycles. The van der Waals surface area contributed by atoms with Crippen molar-refractivity contribution in [3.8, 4) is 0 Å². The zero-order chi connectivity index (χ0) is 46.8. The molecule has 8 rings (SSSR count). The Bertz CT molecular complexity index is 1010. The highest BCUT2D eigenvalue weighted by Crippen LogP contribution is 2.35. The van der Waals surface area contributed by atoms with E-state index in [0.717, 1.165) is 0 Å². The molecule has 8 fully saturated rings. The molecule has 8 saturated heterocycles. The summed E-state index contributed by atoms with van der Waals surface area (Å²) in [6.07, 6.45) is 2.54. The van der Waals surface area contributed by atoms with Crippen molar-refractivity contribution in [1.82, 2.24) is 0 Å². The van der Waals surface area contributed by atoms with E-state index in [-0.39, 0.29) is 146 Å². The van der Waals surface area contributed by atoms with E-state index in [1.807, 2.05) is 111 Å². The van der Waals surface area contributed by atoms with Crippen LogP contribution in [0.1, 0.15) is 111 Å². The van der Waals surface area contributed by atoms with Crippen molar-refractivity contribution in [2.75, 3.05) is 52.9 Å². The molecule has 4 unspecified atom stereocenters. The highest BCUT2D eigenvalue weighted by atomic mass is 16.7. The van der Waals surface area contributed by atoms with Gasteiger partial charge in [0.1, 0.15) is 97.7 Å². The maximum atomic E-state index is 5.77. The van der Waals surface area contributed by atoms with Crippen molar-refractivity contribution in [3.63, 3.8) is 0 Å². The second-order valence-electron chi connectivity index (χ2n) is 20.2. The Morgan fingerprint density at radius 1 is 0.203 bits per heavy atom. The van der Waals surface area contributed by atoms with Crippen LogP contribution >= 0.6 is 0 Å². The highest BCUT2D eigenvalue weighted by molar-refractivity contribution is 4.99. The molecule has 0 aromatic rings. The van der Waals surface area contributed by atoms with Crippen LogP contribution in [0, 0.1) is 0 Å². The lowest BCUT2D eigenvalue weighted by Gasteiger charge is -2.19. The molecule has 376 valence electrons. The molecule has 0 N–H and O–H groups in total. The maximum Gasteiger partial charge on any atom is 0.115 e. The van der Waals surface area contributed by atoms with Gasteiger partial charge in [-0.2, -0.15) is 0 Å². The quantitative estimate of drug-likeness (QED) is 0.192. The van der Waals surface area contributed by atoms with Crippen LogP contribution in [0.25, 0.3) is 0 Å². The fourth-order valence-electron chi connectivity index (χ4n) is 9.45. The molecule has 0 aromatic heterocycles. The number of rotatable bonds is 16. The van der Waals surface area contributed by atoms with Crippen LogP contribution in [0.15, 0.2) is 0 Å². The third kappa shape index (κ3) is 15.7. The van der Waals surface area contributed by atoms with E-state index in [2.05, 4.69) is 0 Å². The van der Waals surface area contributed by atoms with Crippen LogP contribution in [-0.2, 0) is 75.8 Å². The van der Waals surface area contributed by atoms with Crippen LogP contribution in [-0.4, -0.2) is 199 Å². The summed E-state index contributed by atoms with van der Waals surface area (Å²) >= 11 is 0. The molecule has 16 nitrogen and oxygen atoms in total. The molecule has 16 heteroatoms. The number of hydrogen-bond donors (Lipinski definition) is 0. The molecule has 0 amide bonds. The van der Waals surface area contributed by atoms with Crippen LogP contribution in [0.5, 0.6) is 0 Å². The van der Waals surface area contributed by atoms with E-state index in [0.29, 0.717) is 52.9 Å². The van der Waals surface area contributed by atoms with E-state index >= 15 is 0 Å². The number of hydrogen-bond acceptors (Lipinski definition) is 16. The summed E-state index contributed by atoms with van der Waals surface area (Å²) in [7, 11) is 0. The van der Waals surface area contributed by atoms with E-state index in [9.17, 15) is 0 Å². The summed E-state index contributed by atoms with van der Waals surface area (Å²) in [6.45, 7) is 37.4. The van der Waals surface area contributed by atoms with Crippen molar-refractivity contribution in [2.45, 2.75) is 257 Å². The summed E-state index contributed by atoms with van der Waals surface area (Å²) in [4.78, 5) is 0. The fraction of sp³-hybridized carbons (Fsp3) is 1.00. The minimum absolute atomic E-state index is 0.0474. The molecular weight excluding hydrogens is 833 g/mol. The molecule has 0 bridgehead atoms. The first kappa shape index (κ1) is 54.3. The predicted molar refractivity (Wildman–Crippen MR) is 238 cm³/mol. The Labute approximate surface area is 385 Å². The summed E-state index contributed by atoms with van der Waals surface area (Å²) in [6, 6.07) is 0. The number of fused-ring (bicyclic) bond motifs is 4. The Kier molecular flexibility index (Phi) is 21.9. The molecule has 0 radical (unpaired) electrons. The van der Waals surface area contributed by atoms with Crippen molar-refractivity contribution in [2.24, 2.45) is 0 Å².